The first-order chi connectivity index (χ1) is 17.1. The molecule has 1 N–H and O–H groups in total. The van der Waals surface area contributed by atoms with Gasteiger partial charge in [0.15, 0.2) is 16.7 Å². The highest BCUT2D eigenvalue weighted by Crippen LogP contribution is 2.32. The molecule has 0 atom stereocenters. The average molecular weight is 495 g/mol. The predicted molar refractivity (Wildman–Crippen MR) is 148 cm³/mol. The Morgan fingerprint density at radius 2 is 1.66 bits per heavy atom. The van der Waals surface area contributed by atoms with Crippen molar-refractivity contribution in [2.75, 3.05) is 13.7 Å². The Morgan fingerprint density at radius 3 is 2.40 bits per heavy atom. The lowest BCUT2D eigenvalue weighted by Gasteiger charge is -2.11. The maximum Gasteiger partial charge on any atom is 0.264 e. The highest BCUT2D eigenvalue weighted by Gasteiger charge is 2.24. The van der Waals surface area contributed by atoms with E-state index in [1.165, 1.54) is 62.3 Å². The predicted octanol–water partition coefficient (Wildman–Crippen LogP) is 7.67. The van der Waals surface area contributed by atoms with Gasteiger partial charge in [0.1, 0.15) is 0 Å². The maximum atomic E-state index is 12.5. The summed E-state index contributed by atoms with van der Waals surface area (Å²) in [6.45, 7) is 5.11. The van der Waals surface area contributed by atoms with Crippen molar-refractivity contribution in [3.8, 4) is 11.5 Å². The lowest BCUT2D eigenvalue weighted by molar-refractivity contribution is -0.115. The topological polar surface area (TPSA) is 59.9 Å². The number of thioether (sulfide) groups is 1. The monoisotopic (exact) mass is 494 g/mol. The van der Waals surface area contributed by atoms with E-state index in [2.05, 4.69) is 36.3 Å². The van der Waals surface area contributed by atoms with Gasteiger partial charge in [-0.25, -0.2) is 4.99 Å². The van der Waals surface area contributed by atoms with Gasteiger partial charge in [-0.2, -0.15) is 0 Å². The minimum atomic E-state index is -0.143. The molecular formula is C29H38N2O3S. The number of benzene rings is 2. The first kappa shape index (κ1) is 26.9. The van der Waals surface area contributed by atoms with Gasteiger partial charge in [-0.15, -0.1) is 0 Å². The van der Waals surface area contributed by atoms with Gasteiger partial charge in [0, 0.05) is 0 Å². The molecule has 5 nitrogen and oxygen atoms in total. The molecule has 0 aromatic heterocycles. The molecule has 0 spiro atoms. The van der Waals surface area contributed by atoms with Crippen LogP contribution in [-0.2, 0) is 11.2 Å². The number of nitrogens with one attached hydrogen (secondary N) is 1. The molecule has 1 fully saturated rings. The number of aliphatic imine (C=N–C) groups is 1. The Bertz CT molecular complexity index is 1020. The number of nitrogens with zero attached hydrogens (tertiary/aromatic N) is 1. The molecule has 1 heterocycles. The summed E-state index contributed by atoms with van der Waals surface area (Å²) in [6, 6.07) is 14.0. The minimum absolute atomic E-state index is 0.143. The van der Waals surface area contributed by atoms with Gasteiger partial charge in [0.25, 0.3) is 5.91 Å². The first-order valence-corrected chi connectivity index (χ1v) is 13.6. The van der Waals surface area contributed by atoms with Gasteiger partial charge in [-0.1, -0.05) is 70.6 Å². The second-order valence-electron chi connectivity index (χ2n) is 8.78. The van der Waals surface area contributed by atoms with Crippen LogP contribution >= 0.6 is 11.8 Å². The molecule has 0 unspecified atom stereocenters. The number of rotatable bonds is 14. The number of methoxy groups -OCH3 is 1. The largest absolute Gasteiger partial charge is 0.493 e. The first-order valence-electron chi connectivity index (χ1n) is 12.8. The quantitative estimate of drug-likeness (QED) is 0.216. The molecule has 2 aromatic rings. The third-order valence-electron chi connectivity index (χ3n) is 5.88. The van der Waals surface area contributed by atoms with Crippen LogP contribution in [-0.4, -0.2) is 24.8 Å². The van der Waals surface area contributed by atoms with E-state index in [1.54, 1.807) is 7.11 Å². The summed E-state index contributed by atoms with van der Waals surface area (Å²) < 4.78 is 11.5. The number of unbranched alkanes of at least 4 members (excludes halogenated alkanes) is 6. The van der Waals surface area contributed by atoms with Crippen molar-refractivity contribution in [2.45, 2.75) is 71.6 Å². The summed E-state index contributed by atoms with van der Waals surface area (Å²) in [5.41, 5.74) is 3.03. The number of aryl methyl sites for hydroxylation is 1. The number of carbonyl (C=O) groups excluding carboxylic acids is 1. The number of hydrogen-bond acceptors (Lipinski definition) is 5. The van der Waals surface area contributed by atoms with Gasteiger partial charge in [0.05, 0.1) is 24.3 Å². The Balaban J connectivity index is 1.58. The average Bonchev–Trinajstić information content (AvgIpc) is 3.21. The van der Waals surface area contributed by atoms with Crippen LogP contribution < -0.4 is 14.8 Å². The summed E-state index contributed by atoms with van der Waals surface area (Å²) in [5.74, 6) is 1.26. The lowest BCUT2D eigenvalue weighted by atomic mass is 10.1. The van der Waals surface area contributed by atoms with Crippen LogP contribution in [0.25, 0.3) is 6.08 Å². The molecule has 1 saturated heterocycles. The molecule has 0 aliphatic carbocycles. The second-order valence-corrected chi connectivity index (χ2v) is 9.81. The van der Waals surface area contributed by atoms with Gasteiger partial charge in [-0.05, 0) is 72.5 Å². The molecule has 3 rings (SSSR count). The van der Waals surface area contributed by atoms with E-state index < -0.39 is 0 Å². The van der Waals surface area contributed by atoms with Crippen molar-refractivity contribution in [3.05, 3.63) is 58.5 Å². The van der Waals surface area contributed by atoms with Crippen molar-refractivity contribution in [1.29, 1.82) is 0 Å². The van der Waals surface area contributed by atoms with Crippen LogP contribution in [0.3, 0.4) is 0 Å². The standard InChI is InChI=1S/C29H38N2O3S/c1-4-6-8-9-10-11-19-34-25-18-15-23(20-26(25)33-3)21-27-28(32)31-29(35-27)30-24-16-13-22(14-17-24)12-7-5-2/h13-18,20-21H,4-12,19H2,1-3H3,(H,30,31,32)/b27-21-. The molecule has 1 aliphatic heterocycles. The number of carbonyl (C=O) groups is 1. The van der Waals surface area contributed by atoms with Gasteiger partial charge >= 0.3 is 0 Å². The number of ether oxygens (including phenoxy) is 2. The van der Waals surface area contributed by atoms with Crippen LogP contribution in [0, 0.1) is 0 Å². The van der Waals surface area contributed by atoms with E-state index in [-0.39, 0.29) is 5.91 Å². The molecule has 0 saturated carbocycles. The molecule has 2 aromatic carbocycles. The fourth-order valence-corrected chi connectivity index (χ4v) is 4.67. The number of hydrogen-bond donors (Lipinski definition) is 1. The zero-order chi connectivity index (χ0) is 24.9. The normalized spacial score (nSPS) is 15.6. The fraction of sp³-hybridized carbons (Fsp3) is 0.448. The third kappa shape index (κ3) is 8.77. The number of amides is 1. The molecule has 35 heavy (non-hydrogen) atoms. The van der Waals surface area contributed by atoms with Crippen molar-refractivity contribution < 1.29 is 14.3 Å². The van der Waals surface area contributed by atoms with E-state index >= 15 is 0 Å². The summed E-state index contributed by atoms with van der Waals surface area (Å²) in [5, 5.41) is 3.45. The summed E-state index contributed by atoms with van der Waals surface area (Å²) >= 11 is 1.35. The van der Waals surface area contributed by atoms with E-state index in [9.17, 15) is 4.79 Å². The molecule has 1 amide bonds. The Hall–Kier alpha value is -2.73. The Morgan fingerprint density at radius 1 is 0.914 bits per heavy atom. The summed E-state index contributed by atoms with van der Waals surface area (Å²) in [6.07, 6.45) is 12.7. The van der Waals surface area contributed by atoms with Gasteiger partial charge in [-0.3, -0.25) is 4.79 Å². The molecule has 188 valence electrons. The SMILES string of the molecule is CCCCCCCCOc1ccc(/C=C2\SC(=Nc3ccc(CCCC)cc3)NC2=O)cc1OC. The van der Waals surface area contributed by atoms with Crippen molar-refractivity contribution in [2.24, 2.45) is 4.99 Å². The van der Waals surface area contributed by atoms with E-state index in [0.29, 0.717) is 22.4 Å². The molecular weight excluding hydrogens is 456 g/mol. The molecule has 1 aliphatic rings. The van der Waals surface area contributed by atoms with Crippen LogP contribution in [0.15, 0.2) is 52.4 Å². The lowest BCUT2D eigenvalue weighted by Crippen LogP contribution is -2.19. The highest BCUT2D eigenvalue weighted by atomic mass is 32.2. The molecule has 0 bridgehead atoms. The maximum absolute atomic E-state index is 12.5. The smallest absolute Gasteiger partial charge is 0.264 e. The van der Waals surface area contributed by atoms with E-state index in [0.717, 1.165) is 29.8 Å². The third-order valence-corrected chi connectivity index (χ3v) is 6.79. The second kappa shape index (κ2) is 14.6. The number of amidine groups is 1. The van der Waals surface area contributed by atoms with Crippen LogP contribution in [0.4, 0.5) is 5.69 Å². The van der Waals surface area contributed by atoms with Crippen LogP contribution in [0.2, 0.25) is 0 Å². The Kier molecular flexibility index (Phi) is 11.2. The van der Waals surface area contributed by atoms with Crippen molar-refractivity contribution >= 4 is 34.6 Å². The van der Waals surface area contributed by atoms with E-state index in [1.807, 2.05) is 36.4 Å². The van der Waals surface area contributed by atoms with E-state index in [4.69, 9.17) is 9.47 Å². The summed E-state index contributed by atoms with van der Waals surface area (Å²) in [7, 11) is 1.64. The highest BCUT2D eigenvalue weighted by molar-refractivity contribution is 8.18. The summed E-state index contributed by atoms with van der Waals surface area (Å²) in [4.78, 5) is 17.7. The van der Waals surface area contributed by atoms with Crippen LogP contribution in [0.5, 0.6) is 11.5 Å². The van der Waals surface area contributed by atoms with Gasteiger partial charge in [0.2, 0.25) is 0 Å². The van der Waals surface area contributed by atoms with Crippen LogP contribution in [0.1, 0.15) is 76.3 Å². The van der Waals surface area contributed by atoms with Crippen molar-refractivity contribution in [1.82, 2.24) is 5.32 Å². The fourth-order valence-electron chi connectivity index (χ4n) is 3.82. The van der Waals surface area contributed by atoms with Crippen molar-refractivity contribution in [3.63, 3.8) is 0 Å². The van der Waals surface area contributed by atoms with Gasteiger partial charge < -0.3 is 14.8 Å². The zero-order valence-corrected chi connectivity index (χ0v) is 22.1. The minimum Gasteiger partial charge on any atom is -0.493 e. The zero-order valence-electron chi connectivity index (χ0n) is 21.3. The molecule has 6 heteroatoms. The Labute approximate surface area is 214 Å². The molecule has 0 radical (unpaired) electrons.